The van der Waals surface area contributed by atoms with E-state index in [1.807, 2.05) is 0 Å². The first kappa shape index (κ1) is 28.9. The van der Waals surface area contributed by atoms with E-state index in [2.05, 4.69) is 176 Å². The Morgan fingerprint density at radius 3 is 1.91 bits per heavy atom. The monoisotopic (exact) mass is 676 g/mol. The van der Waals surface area contributed by atoms with E-state index >= 15 is 0 Å². The average Bonchev–Trinajstić information content (AvgIpc) is 3.81. The van der Waals surface area contributed by atoms with Gasteiger partial charge in [-0.25, -0.2) is 4.98 Å². The van der Waals surface area contributed by atoms with Crippen molar-refractivity contribution in [2.24, 2.45) is 0 Å². The lowest BCUT2D eigenvalue weighted by Crippen LogP contribution is -2.14. The molecule has 3 heterocycles. The first-order valence-electron chi connectivity index (χ1n) is 18.4. The minimum Gasteiger partial charge on any atom is -0.454 e. The maximum atomic E-state index is 6.70. The Morgan fingerprint density at radius 1 is 0.509 bits per heavy atom. The summed E-state index contributed by atoms with van der Waals surface area (Å²) in [7, 11) is 0. The van der Waals surface area contributed by atoms with Crippen molar-refractivity contribution >= 4 is 76.2 Å². The molecule has 0 bridgehead atoms. The summed E-state index contributed by atoms with van der Waals surface area (Å²) in [6.07, 6.45) is 0. The van der Waals surface area contributed by atoms with Crippen LogP contribution >= 0.6 is 0 Å². The van der Waals surface area contributed by atoms with Gasteiger partial charge >= 0.3 is 0 Å². The number of furan rings is 1. The molecule has 0 radical (unpaired) electrons. The zero-order valence-corrected chi connectivity index (χ0v) is 29.3. The molecule has 8 aromatic carbocycles. The lowest BCUT2D eigenvalue weighted by molar-refractivity contribution is 0.660. The van der Waals surface area contributed by atoms with Gasteiger partial charge in [-0.2, -0.15) is 0 Å². The lowest BCUT2D eigenvalue weighted by Gasteiger charge is -2.21. The van der Waals surface area contributed by atoms with Crippen molar-refractivity contribution in [3.63, 3.8) is 0 Å². The van der Waals surface area contributed by atoms with Crippen LogP contribution in [0.5, 0.6) is 0 Å². The van der Waals surface area contributed by atoms with E-state index in [9.17, 15) is 0 Å². The van der Waals surface area contributed by atoms with Gasteiger partial charge in [0.1, 0.15) is 11.1 Å². The SMILES string of the molecule is CC1(C)c2ccccc2-c2cc3c(cc21)c1oc2ccccc2c1n3-c1ccc(-c2nc3ccccc3c3c4ccccc4c4ccccc4c23)cc1. The summed E-state index contributed by atoms with van der Waals surface area (Å²) in [4.78, 5) is 5.41. The molecular weight excluding hydrogens is 645 g/mol. The highest BCUT2D eigenvalue weighted by atomic mass is 16.3. The van der Waals surface area contributed by atoms with Crippen molar-refractivity contribution in [1.82, 2.24) is 9.55 Å². The topological polar surface area (TPSA) is 31.0 Å². The minimum atomic E-state index is -0.104. The Balaban J connectivity index is 1.14. The van der Waals surface area contributed by atoms with Gasteiger partial charge in [0.2, 0.25) is 0 Å². The lowest BCUT2D eigenvalue weighted by atomic mass is 9.82. The predicted octanol–water partition coefficient (Wildman–Crippen LogP) is 13.5. The van der Waals surface area contributed by atoms with E-state index in [1.165, 1.54) is 60.0 Å². The van der Waals surface area contributed by atoms with Gasteiger partial charge in [-0.05, 0) is 86.3 Å². The van der Waals surface area contributed by atoms with Gasteiger partial charge in [0, 0.05) is 43.6 Å². The molecule has 0 saturated heterocycles. The largest absolute Gasteiger partial charge is 0.454 e. The first-order chi connectivity index (χ1) is 26.1. The molecule has 0 atom stereocenters. The van der Waals surface area contributed by atoms with Crippen LogP contribution in [0.2, 0.25) is 0 Å². The normalized spacial score (nSPS) is 13.6. The molecule has 11 aromatic rings. The summed E-state index contributed by atoms with van der Waals surface area (Å²) in [6, 6.07) is 57.2. The number of pyridine rings is 1. The molecule has 0 saturated carbocycles. The van der Waals surface area contributed by atoms with Crippen LogP contribution in [0.1, 0.15) is 25.0 Å². The third kappa shape index (κ3) is 3.76. The quantitative estimate of drug-likeness (QED) is 0.171. The second kappa shape index (κ2) is 10.2. The number of fused-ring (bicyclic) bond motifs is 16. The molecule has 3 nitrogen and oxygen atoms in total. The summed E-state index contributed by atoms with van der Waals surface area (Å²) in [5.41, 5.74) is 13.5. The van der Waals surface area contributed by atoms with E-state index in [1.54, 1.807) is 0 Å². The molecule has 53 heavy (non-hydrogen) atoms. The van der Waals surface area contributed by atoms with Gasteiger partial charge in [0.05, 0.1) is 16.7 Å². The molecule has 3 aromatic heterocycles. The molecule has 0 amide bonds. The van der Waals surface area contributed by atoms with Crippen molar-refractivity contribution in [1.29, 1.82) is 0 Å². The zero-order valence-electron chi connectivity index (χ0n) is 29.3. The second-order valence-electron chi connectivity index (χ2n) is 15.1. The molecule has 0 aliphatic heterocycles. The molecule has 248 valence electrons. The third-order valence-corrected chi connectivity index (χ3v) is 12.0. The molecule has 12 rings (SSSR count). The van der Waals surface area contributed by atoms with Crippen molar-refractivity contribution < 1.29 is 4.42 Å². The van der Waals surface area contributed by atoms with Gasteiger partial charge in [0.15, 0.2) is 5.58 Å². The van der Waals surface area contributed by atoms with Crippen molar-refractivity contribution in [3.8, 4) is 28.1 Å². The third-order valence-electron chi connectivity index (χ3n) is 12.0. The zero-order chi connectivity index (χ0) is 35.0. The summed E-state index contributed by atoms with van der Waals surface area (Å²) in [5.74, 6) is 0. The summed E-state index contributed by atoms with van der Waals surface area (Å²) < 4.78 is 9.11. The fraction of sp³-hybridized carbons (Fsp3) is 0.0600. The molecule has 0 fully saturated rings. The average molecular weight is 677 g/mol. The summed E-state index contributed by atoms with van der Waals surface area (Å²) in [6.45, 7) is 4.68. The predicted molar refractivity (Wildman–Crippen MR) is 221 cm³/mol. The van der Waals surface area contributed by atoms with Crippen LogP contribution in [0.3, 0.4) is 0 Å². The van der Waals surface area contributed by atoms with Crippen molar-refractivity contribution in [2.75, 3.05) is 0 Å². The summed E-state index contributed by atoms with van der Waals surface area (Å²) in [5, 5.41) is 10.9. The van der Waals surface area contributed by atoms with Gasteiger partial charge in [-0.15, -0.1) is 0 Å². The standard InChI is InChI=1S/C50H32N2O/c1-50(2)40-20-10-7-15-33(40)38-28-43-39(27-41(38)50)49-48(37-19-9-12-22-44(37)53-49)52(43)30-25-23-29(24-26-30)47-46-35-17-6-4-14-32(35)31-13-3-5-16-34(31)45(46)36-18-8-11-21-42(36)51-47/h3-28H,1-2H3. The van der Waals surface area contributed by atoms with Crippen LogP contribution in [0.4, 0.5) is 0 Å². The Kier molecular flexibility index (Phi) is 5.57. The van der Waals surface area contributed by atoms with E-state index in [0.717, 1.165) is 55.4 Å². The van der Waals surface area contributed by atoms with Crippen LogP contribution in [0, 0.1) is 0 Å². The number of hydrogen-bond acceptors (Lipinski definition) is 2. The van der Waals surface area contributed by atoms with Crippen LogP contribution < -0.4 is 0 Å². The maximum absolute atomic E-state index is 6.70. The Hall–Kier alpha value is -6.71. The summed E-state index contributed by atoms with van der Waals surface area (Å²) >= 11 is 0. The molecular formula is C50H32N2O. The first-order valence-corrected chi connectivity index (χ1v) is 18.4. The highest BCUT2D eigenvalue weighted by molar-refractivity contribution is 6.33. The second-order valence-corrected chi connectivity index (χ2v) is 15.1. The molecule has 3 heteroatoms. The van der Waals surface area contributed by atoms with Gasteiger partial charge in [-0.3, -0.25) is 0 Å². The number of hydrogen-bond donors (Lipinski definition) is 0. The highest BCUT2D eigenvalue weighted by Gasteiger charge is 2.36. The van der Waals surface area contributed by atoms with E-state index < -0.39 is 0 Å². The Labute approximate surface area is 305 Å². The fourth-order valence-electron chi connectivity index (χ4n) is 9.53. The number of benzene rings is 8. The van der Waals surface area contributed by atoms with Gasteiger partial charge < -0.3 is 8.98 Å². The smallest absolute Gasteiger partial charge is 0.161 e. The number of rotatable bonds is 2. The van der Waals surface area contributed by atoms with Crippen molar-refractivity contribution in [2.45, 2.75) is 19.3 Å². The molecule has 1 aliphatic rings. The van der Waals surface area contributed by atoms with E-state index in [-0.39, 0.29) is 5.41 Å². The Morgan fingerprint density at radius 2 is 1.13 bits per heavy atom. The van der Waals surface area contributed by atoms with Crippen LogP contribution in [0.25, 0.3) is 104 Å². The molecule has 0 unspecified atom stereocenters. The molecule has 1 aliphatic carbocycles. The number of para-hydroxylation sites is 2. The van der Waals surface area contributed by atoms with Crippen LogP contribution in [-0.2, 0) is 5.41 Å². The van der Waals surface area contributed by atoms with E-state index in [4.69, 9.17) is 9.40 Å². The van der Waals surface area contributed by atoms with Crippen LogP contribution in [-0.4, -0.2) is 9.55 Å². The van der Waals surface area contributed by atoms with Crippen molar-refractivity contribution in [3.05, 3.63) is 169 Å². The highest BCUT2D eigenvalue weighted by Crippen LogP contribution is 2.52. The minimum absolute atomic E-state index is 0.104. The van der Waals surface area contributed by atoms with Gasteiger partial charge in [-0.1, -0.05) is 129 Å². The van der Waals surface area contributed by atoms with Crippen LogP contribution in [0.15, 0.2) is 162 Å². The maximum Gasteiger partial charge on any atom is 0.161 e. The Bertz CT molecular complexity index is 3360. The molecule has 0 N–H and O–H groups in total. The number of nitrogens with zero attached hydrogens (tertiary/aromatic N) is 2. The van der Waals surface area contributed by atoms with E-state index in [0.29, 0.717) is 0 Å². The van der Waals surface area contributed by atoms with Gasteiger partial charge in [0.25, 0.3) is 0 Å². The number of aromatic nitrogens is 2. The molecule has 0 spiro atoms. The fourth-order valence-corrected chi connectivity index (χ4v) is 9.53.